The fraction of sp³-hybridized carbons (Fsp3) is 0.355. The number of para-hydroxylation sites is 2. The molecule has 0 aliphatic rings. The SMILES string of the molecule is CCOc1ccccc1N(CC(=O)N(Cc1ccc(Cl)cc1)[C@@H](C)C(=O)NCC(C)C)S(=O)(=O)c1ccc(C)cc1. The number of carbonyl (C=O) groups excluding carboxylic acids is 2. The van der Waals surface area contributed by atoms with Crippen LogP contribution in [0, 0.1) is 12.8 Å². The predicted octanol–water partition coefficient (Wildman–Crippen LogP) is 5.43. The molecule has 0 aliphatic carbocycles. The second kappa shape index (κ2) is 14.4. The molecule has 0 heterocycles. The molecule has 0 saturated carbocycles. The van der Waals surface area contributed by atoms with Gasteiger partial charge in [0.2, 0.25) is 11.8 Å². The minimum atomic E-state index is -4.20. The average molecular weight is 600 g/mol. The van der Waals surface area contributed by atoms with Crippen LogP contribution in [0.4, 0.5) is 5.69 Å². The maximum Gasteiger partial charge on any atom is 0.264 e. The van der Waals surface area contributed by atoms with Crippen molar-refractivity contribution in [1.82, 2.24) is 10.2 Å². The lowest BCUT2D eigenvalue weighted by Gasteiger charge is -2.32. The molecule has 2 amide bonds. The molecular weight excluding hydrogens is 562 g/mol. The zero-order chi connectivity index (χ0) is 30.2. The number of benzene rings is 3. The van der Waals surface area contributed by atoms with Gasteiger partial charge in [0.05, 0.1) is 17.2 Å². The Labute approximate surface area is 248 Å². The van der Waals surface area contributed by atoms with Gasteiger partial charge < -0.3 is 15.0 Å². The molecule has 10 heteroatoms. The van der Waals surface area contributed by atoms with Crippen molar-refractivity contribution in [2.45, 2.75) is 52.1 Å². The maximum absolute atomic E-state index is 14.1. The molecule has 0 unspecified atom stereocenters. The van der Waals surface area contributed by atoms with Crippen LogP contribution < -0.4 is 14.4 Å². The third-order valence-corrected chi connectivity index (χ3v) is 8.47. The van der Waals surface area contributed by atoms with Crippen LogP contribution in [0.1, 0.15) is 38.8 Å². The van der Waals surface area contributed by atoms with Crippen molar-refractivity contribution in [3.8, 4) is 5.75 Å². The smallest absolute Gasteiger partial charge is 0.264 e. The zero-order valence-electron chi connectivity index (χ0n) is 24.1. The van der Waals surface area contributed by atoms with E-state index in [9.17, 15) is 18.0 Å². The van der Waals surface area contributed by atoms with Crippen molar-refractivity contribution in [1.29, 1.82) is 0 Å². The molecule has 3 aromatic carbocycles. The highest BCUT2D eigenvalue weighted by atomic mass is 35.5. The number of hydrogen-bond acceptors (Lipinski definition) is 5. The van der Waals surface area contributed by atoms with Gasteiger partial charge in [-0.2, -0.15) is 0 Å². The van der Waals surface area contributed by atoms with E-state index in [2.05, 4.69) is 5.32 Å². The maximum atomic E-state index is 14.1. The van der Waals surface area contributed by atoms with Crippen molar-refractivity contribution in [2.75, 3.05) is 24.0 Å². The van der Waals surface area contributed by atoms with Gasteiger partial charge in [-0.15, -0.1) is 0 Å². The third kappa shape index (κ3) is 8.47. The summed E-state index contributed by atoms with van der Waals surface area (Å²) in [4.78, 5) is 28.6. The summed E-state index contributed by atoms with van der Waals surface area (Å²) in [5, 5.41) is 3.42. The van der Waals surface area contributed by atoms with Crippen LogP contribution in [0.3, 0.4) is 0 Å². The molecule has 0 fully saturated rings. The fourth-order valence-corrected chi connectivity index (χ4v) is 5.66. The molecule has 3 aromatic rings. The lowest BCUT2D eigenvalue weighted by atomic mass is 10.1. The Hall–Kier alpha value is -3.56. The van der Waals surface area contributed by atoms with E-state index in [1.54, 1.807) is 74.5 Å². The molecule has 8 nitrogen and oxygen atoms in total. The van der Waals surface area contributed by atoms with E-state index >= 15 is 0 Å². The van der Waals surface area contributed by atoms with Crippen LogP contribution in [0.2, 0.25) is 5.02 Å². The van der Waals surface area contributed by atoms with Crippen molar-refractivity contribution >= 4 is 39.1 Å². The number of rotatable bonds is 13. The van der Waals surface area contributed by atoms with Crippen LogP contribution in [0.15, 0.2) is 77.7 Å². The Morgan fingerprint density at radius 2 is 1.59 bits per heavy atom. The van der Waals surface area contributed by atoms with E-state index < -0.39 is 28.5 Å². The number of halogens is 1. The first-order chi connectivity index (χ1) is 19.4. The molecule has 0 bridgehead atoms. The summed E-state index contributed by atoms with van der Waals surface area (Å²) < 4.78 is 34.9. The molecule has 0 saturated heterocycles. The first kappa shape index (κ1) is 32.0. The van der Waals surface area contributed by atoms with Gasteiger partial charge in [0.25, 0.3) is 10.0 Å². The van der Waals surface area contributed by atoms with Crippen LogP contribution >= 0.6 is 11.6 Å². The number of anilines is 1. The summed E-state index contributed by atoms with van der Waals surface area (Å²) in [6.45, 7) is 9.54. The van der Waals surface area contributed by atoms with Gasteiger partial charge in [-0.25, -0.2) is 8.42 Å². The highest BCUT2D eigenvalue weighted by Crippen LogP contribution is 2.33. The molecule has 1 N–H and O–H groups in total. The Morgan fingerprint density at radius 1 is 0.951 bits per heavy atom. The molecule has 220 valence electrons. The van der Waals surface area contributed by atoms with Crippen molar-refractivity contribution in [2.24, 2.45) is 5.92 Å². The van der Waals surface area contributed by atoms with Crippen molar-refractivity contribution in [3.05, 3.63) is 88.9 Å². The van der Waals surface area contributed by atoms with Gasteiger partial charge >= 0.3 is 0 Å². The molecule has 0 aliphatic heterocycles. The van der Waals surface area contributed by atoms with E-state index in [1.807, 2.05) is 20.8 Å². The summed E-state index contributed by atoms with van der Waals surface area (Å²) in [6.07, 6.45) is 0. The quantitative estimate of drug-likeness (QED) is 0.283. The van der Waals surface area contributed by atoms with E-state index in [4.69, 9.17) is 16.3 Å². The number of nitrogens with one attached hydrogen (secondary N) is 1. The second-order valence-electron chi connectivity index (χ2n) is 10.2. The summed E-state index contributed by atoms with van der Waals surface area (Å²) in [5.74, 6) is -0.333. The standard InChI is InChI=1S/C31H38ClN3O5S/c1-6-40-29-10-8-7-9-28(29)35(41(38,39)27-17-11-23(4)12-18-27)21-30(36)34(20-25-13-15-26(32)16-14-25)24(5)31(37)33-19-22(2)3/h7-18,22,24H,6,19-21H2,1-5H3,(H,33,37)/t24-/m0/s1. The van der Waals surface area contributed by atoms with Gasteiger partial charge in [-0.3, -0.25) is 13.9 Å². The number of amides is 2. The highest BCUT2D eigenvalue weighted by molar-refractivity contribution is 7.92. The van der Waals surface area contributed by atoms with Crippen molar-refractivity contribution in [3.63, 3.8) is 0 Å². The topological polar surface area (TPSA) is 96.0 Å². The molecule has 0 radical (unpaired) electrons. The fourth-order valence-electron chi connectivity index (χ4n) is 4.11. The minimum absolute atomic E-state index is 0.0363. The molecule has 1 atom stereocenters. The van der Waals surface area contributed by atoms with Gasteiger partial charge in [-0.05, 0) is 68.7 Å². The Bertz CT molecular complexity index is 1430. The molecule has 41 heavy (non-hydrogen) atoms. The lowest BCUT2D eigenvalue weighted by molar-refractivity contribution is -0.139. The third-order valence-electron chi connectivity index (χ3n) is 6.44. The van der Waals surface area contributed by atoms with Gasteiger partial charge in [0, 0.05) is 18.1 Å². The number of sulfonamides is 1. The first-order valence-corrected chi connectivity index (χ1v) is 15.4. The summed E-state index contributed by atoms with van der Waals surface area (Å²) in [5.41, 5.74) is 1.87. The minimum Gasteiger partial charge on any atom is -0.492 e. The van der Waals surface area contributed by atoms with E-state index in [1.165, 1.54) is 17.0 Å². The van der Waals surface area contributed by atoms with Gasteiger partial charge in [0.1, 0.15) is 18.3 Å². The van der Waals surface area contributed by atoms with E-state index in [0.29, 0.717) is 23.9 Å². The summed E-state index contributed by atoms with van der Waals surface area (Å²) >= 11 is 6.06. The van der Waals surface area contributed by atoms with Crippen LogP contribution in [-0.2, 0) is 26.2 Å². The predicted molar refractivity (Wildman–Crippen MR) is 163 cm³/mol. The lowest BCUT2D eigenvalue weighted by Crippen LogP contribution is -2.51. The number of carbonyl (C=O) groups is 2. The monoisotopic (exact) mass is 599 g/mol. The Balaban J connectivity index is 2.06. The summed E-state index contributed by atoms with van der Waals surface area (Å²) in [6, 6.07) is 19.2. The van der Waals surface area contributed by atoms with Crippen LogP contribution in [-0.4, -0.2) is 50.9 Å². The number of ether oxygens (including phenoxy) is 1. The molecule has 0 aromatic heterocycles. The largest absolute Gasteiger partial charge is 0.492 e. The molecule has 3 rings (SSSR count). The zero-order valence-corrected chi connectivity index (χ0v) is 25.7. The Kier molecular flexibility index (Phi) is 11.2. The van der Waals surface area contributed by atoms with Crippen molar-refractivity contribution < 1.29 is 22.7 Å². The highest BCUT2D eigenvalue weighted by Gasteiger charge is 2.33. The summed E-state index contributed by atoms with van der Waals surface area (Å²) in [7, 11) is -4.20. The average Bonchev–Trinajstić information content (AvgIpc) is 2.94. The second-order valence-corrected chi connectivity index (χ2v) is 12.5. The molecule has 0 spiro atoms. The van der Waals surface area contributed by atoms with Gasteiger partial charge in [-0.1, -0.05) is 67.4 Å². The molecular formula is C31H38ClN3O5S. The number of hydrogen-bond donors (Lipinski definition) is 1. The van der Waals surface area contributed by atoms with Crippen LogP contribution in [0.5, 0.6) is 5.75 Å². The number of aryl methyl sites for hydroxylation is 1. The van der Waals surface area contributed by atoms with Crippen LogP contribution in [0.25, 0.3) is 0 Å². The van der Waals surface area contributed by atoms with E-state index in [0.717, 1.165) is 15.4 Å². The number of nitrogens with zero attached hydrogens (tertiary/aromatic N) is 2. The normalized spacial score (nSPS) is 12.1. The Morgan fingerprint density at radius 3 is 2.20 bits per heavy atom. The first-order valence-electron chi connectivity index (χ1n) is 13.6. The van der Waals surface area contributed by atoms with Gasteiger partial charge in [0.15, 0.2) is 0 Å². The van der Waals surface area contributed by atoms with E-state index in [-0.39, 0.29) is 29.0 Å².